The van der Waals surface area contributed by atoms with Crippen molar-refractivity contribution in [3.05, 3.63) is 76.3 Å². The SMILES string of the molecule is COc1ccc(CNC(=O)[C@@H]2CCCN(c3ccc(=O)n(-c4cccc(F)c4)n3)C2)c(OC)c1. The maximum Gasteiger partial charge on any atom is 0.271 e. The van der Waals surface area contributed by atoms with Crippen LogP contribution in [0, 0.1) is 11.7 Å². The molecule has 2 heterocycles. The van der Waals surface area contributed by atoms with E-state index in [4.69, 9.17) is 9.47 Å². The van der Waals surface area contributed by atoms with Crippen LogP contribution in [0.4, 0.5) is 10.2 Å². The maximum absolute atomic E-state index is 13.6. The number of halogens is 1. The van der Waals surface area contributed by atoms with Crippen LogP contribution in [-0.4, -0.2) is 43.0 Å². The fourth-order valence-corrected chi connectivity index (χ4v) is 4.09. The minimum absolute atomic E-state index is 0.0546. The monoisotopic (exact) mass is 466 g/mol. The lowest BCUT2D eigenvalue weighted by Gasteiger charge is -2.33. The molecule has 0 spiro atoms. The Bertz CT molecular complexity index is 1230. The van der Waals surface area contributed by atoms with Crippen molar-refractivity contribution in [3.63, 3.8) is 0 Å². The van der Waals surface area contributed by atoms with E-state index in [-0.39, 0.29) is 17.4 Å². The fourth-order valence-electron chi connectivity index (χ4n) is 4.09. The van der Waals surface area contributed by atoms with Gasteiger partial charge >= 0.3 is 0 Å². The molecule has 1 aliphatic heterocycles. The molecule has 1 atom stereocenters. The molecule has 0 saturated carbocycles. The highest BCUT2D eigenvalue weighted by molar-refractivity contribution is 5.79. The van der Waals surface area contributed by atoms with Crippen LogP contribution in [-0.2, 0) is 11.3 Å². The summed E-state index contributed by atoms with van der Waals surface area (Å²) < 4.78 is 25.5. The Balaban J connectivity index is 1.45. The molecule has 1 aliphatic rings. The lowest BCUT2D eigenvalue weighted by atomic mass is 9.97. The summed E-state index contributed by atoms with van der Waals surface area (Å²) >= 11 is 0. The van der Waals surface area contributed by atoms with E-state index in [1.807, 2.05) is 17.0 Å². The summed E-state index contributed by atoms with van der Waals surface area (Å²) in [6, 6.07) is 14.3. The molecule has 9 heteroatoms. The molecule has 8 nitrogen and oxygen atoms in total. The molecule has 0 bridgehead atoms. The van der Waals surface area contributed by atoms with Crippen molar-refractivity contribution >= 4 is 11.7 Å². The van der Waals surface area contributed by atoms with Crippen molar-refractivity contribution in [1.82, 2.24) is 15.1 Å². The largest absolute Gasteiger partial charge is 0.497 e. The van der Waals surface area contributed by atoms with Crippen LogP contribution in [0.5, 0.6) is 11.5 Å². The van der Waals surface area contributed by atoms with Gasteiger partial charge in [0.25, 0.3) is 5.56 Å². The van der Waals surface area contributed by atoms with E-state index in [2.05, 4.69) is 10.4 Å². The van der Waals surface area contributed by atoms with Crippen LogP contribution < -0.4 is 25.2 Å². The number of hydrogen-bond acceptors (Lipinski definition) is 6. The maximum atomic E-state index is 13.6. The molecule has 1 N–H and O–H groups in total. The molecule has 1 saturated heterocycles. The van der Waals surface area contributed by atoms with E-state index in [1.165, 1.54) is 28.9 Å². The quantitative estimate of drug-likeness (QED) is 0.576. The number of rotatable bonds is 7. The fraction of sp³-hybridized carbons (Fsp3) is 0.320. The first-order chi connectivity index (χ1) is 16.5. The lowest BCUT2D eigenvalue weighted by molar-refractivity contribution is -0.125. The van der Waals surface area contributed by atoms with E-state index in [1.54, 1.807) is 32.4 Å². The van der Waals surface area contributed by atoms with Crippen LogP contribution in [0.2, 0.25) is 0 Å². The smallest absolute Gasteiger partial charge is 0.271 e. The Hall–Kier alpha value is -3.88. The Morgan fingerprint density at radius 2 is 2.00 bits per heavy atom. The second kappa shape index (κ2) is 10.4. The number of ether oxygens (including phenoxy) is 2. The number of methoxy groups -OCH3 is 2. The van der Waals surface area contributed by atoms with Gasteiger partial charge in [-0.25, -0.2) is 4.39 Å². The molecule has 0 unspecified atom stereocenters. The van der Waals surface area contributed by atoms with E-state index in [0.717, 1.165) is 18.4 Å². The number of amides is 1. The Kier molecular flexibility index (Phi) is 7.10. The standard InChI is InChI=1S/C25H27FN4O4/c1-33-21-9-8-17(22(14-21)34-2)15-27-25(32)18-5-4-12-29(16-18)23-10-11-24(31)30(28-23)20-7-3-6-19(26)13-20/h3,6-11,13-14,18H,4-5,12,15-16H2,1-2H3,(H,27,32)/t18-/m1/s1. The van der Waals surface area contributed by atoms with Crippen LogP contribution in [0.3, 0.4) is 0 Å². The molecule has 3 aromatic rings. The van der Waals surface area contributed by atoms with Gasteiger partial charge in [-0.2, -0.15) is 4.68 Å². The molecular weight excluding hydrogens is 439 g/mol. The lowest BCUT2D eigenvalue weighted by Crippen LogP contribution is -2.43. The van der Waals surface area contributed by atoms with Crippen molar-refractivity contribution in [2.24, 2.45) is 5.92 Å². The summed E-state index contributed by atoms with van der Waals surface area (Å²) in [5.41, 5.74) is 0.855. The van der Waals surface area contributed by atoms with Gasteiger partial charge in [0, 0.05) is 37.3 Å². The highest BCUT2D eigenvalue weighted by Crippen LogP contribution is 2.25. The summed E-state index contributed by atoms with van der Waals surface area (Å²) in [6.07, 6.45) is 1.57. The van der Waals surface area contributed by atoms with Crippen molar-refractivity contribution in [3.8, 4) is 17.2 Å². The molecule has 0 radical (unpaired) electrons. The second-order valence-electron chi connectivity index (χ2n) is 8.10. The summed E-state index contributed by atoms with van der Waals surface area (Å²) in [5, 5.41) is 7.44. The number of nitrogens with one attached hydrogen (secondary N) is 1. The van der Waals surface area contributed by atoms with Gasteiger partial charge in [0.1, 0.15) is 23.1 Å². The van der Waals surface area contributed by atoms with Crippen molar-refractivity contribution < 1.29 is 18.7 Å². The average Bonchev–Trinajstić information content (AvgIpc) is 2.87. The molecule has 1 aromatic heterocycles. The summed E-state index contributed by atoms with van der Waals surface area (Å²) in [6.45, 7) is 1.52. The molecule has 4 rings (SSSR count). The first-order valence-corrected chi connectivity index (χ1v) is 11.1. The summed E-state index contributed by atoms with van der Waals surface area (Å²) in [5.74, 6) is 1.17. The first kappa shape index (κ1) is 23.3. The number of anilines is 1. The first-order valence-electron chi connectivity index (χ1n) is 11.1. The third-order valence-electron chi connectivity index (χ3n) is 5.90. The van der Waals surface area contributed by atoms with E-state index in [9.17, 15) is 14.0 Å². The third-order valence-corrected chi connectivity index (χ3v) is 5.90. The van der Waals surface area contributed by atoms with Gasteiger partial charge in [-0.3, -0.25) is 9.59 Å². The second-order valence-corrected chi connectivity index (χ2v) is 8.10. The predicted octanol–water partition coefficient (Wildman–Crippen LogP) is 2.92. The van der Waals surface area contributed by atoms with E-state index in [0.29, 0.717) is 42.6 Å². The van der Waals surface area contributed by atoms with Crippen LogP contribution in [0.1, 0.15) is 18.4 Å². The summed E-state index contributed by atoms with van der Waals surface area (Å²) in [4.78, 5) is 27.2. The van der Waals surface area contributed by atoms with Gasteiger partial charge in [0.2, 0.25) is 5.91 Å². The Labute approximate surface area is 196 Å². The van der Waals surface area contributed by atoms with E-state index >= 15 is 0 Å². The zero-order valence-corrected chi connectivity index (χ0v) is 19.2. The van der Waals surface area contributed by atoms with Crippen molar-refractivity contribution in [1.29, 1.82) is 0 Å². The normalized spacial score (nSPS) is 15.6. The highest BCUT2D eigenvalue weighted by Gasteiger charge is 2.27. The number of carbonyl (C=O) groups excluding carboxylic acids is 1. The third kappa shape index (κ3) is 5.19. The van der Waals surface area contributed by atoms with Gasteiger partial charge in [-0.05, 0) is 49.2 Å². The van der Waals surface area contributed by atoms with Crippen LogP contribution in [0.25, 0.3) is 5.69 Å². The van der Waals surface area contributed by atoms with Gasteiger partial charge in [0.15, 0.2) is 0 Å². The van der Waals surface area contributed by atoms with Crippen LogP contribution in [0.15, 0.2) is 59.4 Å². The molecule has 1 amide bonds. The number of piperidine rings is 1. The minimum atomic E-state index is -0.445. The molecule has 0 aliphatic carbocycles. The van der Waals surface area contributed by atoms with Gasteiger partial charge in [-0.15, -0.1) is 5.10 Å². The Morgan fingerprint density at radius 1 is 1.15 bits per heavy atom. The van der Waals surface area contributed by atoms with E-state index < -0.39 is 5.82 Å². The molecule has 2 aromatic carbocycles. The predicted molar refractivity (Wildman–Crippen MR) is 126 cm³/mol. The zero-order chi connectivity index (χ0) is 24.1. The number of carbonyl (C=O) groups is 1. The topological polar surface area (TPSA) is 85.7 Å². The van der Waals surface area contributed by atoms with Gasteiger partial charge in [0.05, 0.1) is 25.8 Å². The van der Waals surface area contributed by atoms with Crippen molar-refractivity contribution in [2.45, 2.75) is 19.4 Å². The minimum Gasteiger partial charge on any atom is -0.497 e. The molecule has 34 heavy (non-hydrogen) atoms. The molecule has 178 valence electrons. The number of benzene rings is 2. The number of hydrogen-bond donors (Lipinski definition) is 1. The highest BCUT2D eigenvalue weighted by atomic mass is 19.1. The van der Waals surface area contributed by atoms with Gasteiger partial charge in [-0.1, -0.05) is 6.07 Å². The number of nitrogens with zero attached hydrogens (tertiary/aromatic N) is 3. The molecular formula is C25H27FN4O4. The van der Waals surface area contributed by atoms with Gasteiger partial charge < -0.3 is 19.7 Å². The summed E-state index contributed by atoms with van der Waals surface area (Å²) in [7, 11) is 3.17. The number of aromatic nitrogens is 2. The average molecular weight is 467 g/mol. The van der Waals surface area contributed by atoms with Crippen LogP contribution >= 0.6 is 0 Å². The Morgan fingerprint density at radius 3 is 2.76 bits per heavy atom. The zero-order valence-electron chi connectivity index (χ0n) is 19.2. The molecule has 1 fully saturated rings. The van der Waals surface area contributed by atoms with Crippen molar-refractivity contribution in [2.75, 3.05) is 32.2 Å².